The lowest BCUT2D eigenvalue weighted by molar-refractivity contribution is 0.253. The smallest absolute Gasteiger partial charge is 0.181 e. The van der Waals surface area contributed by atoms with Crippen LogP contribution in [0.3, 0.4) is 0 Å². The van der Waals surface area contributed by atoms with E-state index in [4.69, 9.17) is 4.74 Å². The number of aromatic nitrogens is 1. The van der Waals surface area contributed by atoms with Gasteiger partial charge in [-0.1, -0.05) is 18.2 Å². The van der Waals surface area contributed by atoms with Gasteiger partial charge in [0.2, 0.25) is 0 Å². The first kappa shape index (κ1) is 14.7. The normalized spacial score (nSPS) is 17.0. The zero-order valence-electron chi connectivity index (χ0n) is 12.9. The Bertz CT molecular complexity index is 602. The zero-order valence-corrected chi connectivity index (χ0v) is 12.9. The molecule has 0 aliphatic carbocycles. The Labute approximate surface area is 131 Å². The Morgan fingerprint density at radius 3 is 2.59 bits per heavy atom. The summed E-state index contributed by atoms with van der Waals surface area (Å²) in [6, 6.07) is 13.7. The highest BCUT2D eigenvalue weighted by atomic mass is 16.5. The molecule has 1 fully saturated rings. The highest BCUT2D eigenvalue weighted by Gasteiger charge is 2.19. The van der Waals surface area contributed by atoms with E-state index in [1.54, 1.807) is 0 Å². The summed E-state index contributed by atoms with van der Waals surface area (Å²) >= 11 is 0. The van der Waals surface area contributed by atoms with Crippen LogP contribution in [0.25, 0.3) is 0 Å². The summed E-state index contributed by atoms with van der Waals surface area (Å²) in [6.07, 6.45) is 5.65. The van der Waals surface area contributed by atoms with Crippen LogP contribution in [-0.2, 0) is 0 Å². The third-order valence-electron chi connectivity index (χ3n) is 4.04. The molecule has 0 amide bonds. The van der Waals surface area contributed by atoms with Crippen molar-refractivity contribution in [2.45, 2.75) is 18.8 Å². The van der Waals surface area contributed by atoms with Gasteiger partial charge in [-0.25, -0.2) is 4.99 Å². The van der Waals surface area contributed by atoms with Gasteiger partial charge >= 0.3 is 0 Å². The van der Waals surface area contributed by atoms with Crippen molar-refractivity contribution in [1.29, 1.82) is 0 Å². The fourth-order valence-corrected chi connectivity index (χ4v) is 2.67. The van der Waals surface area contributed by atoms with Crippen molar-refractivity contribution >= 4 is 12.1 Å². The maximum atomic E-state index is 5.44. The van der Waals surface area contributed by atoms with E-state index >= 15 is 0 Å². The Morgan fingerprint density at radius 1 is 1.14 bits per heavy atom. The minimum absolute atomic E-state index is 0.579. The molecule has 0 unspecified atom stereocenters. The maximum absolute atomic E-state index is 5.44. The van der Waals surface area contributed by atoms with Crippen molar-refractivity contribution in [3.8, 4) is 5.75 Å². The van der Waals surface area contributed by atoms with Crippen LogP contribution in [0.2, 0.25) is 0 Å². The lowest BCUT2D eigenvalue weighted by Gasteiger charge is -2.28. The Balaban J connectivity index is 1.57. The summed E-state index contributed by atoms with van der Waals surface area (Å²) in [5, 5.41) is 0. The molecule has 1 saturated heterocycles. The summed E-state index contributed by atoms with van der Waals surface area (Å²) in [6.45, 7) is 2.30. The number of hydrogen-bond donors (Lipinski definition) is 0. The minimum atomic E-state index is 0.579. The molecule has 22 heavy (non-hydrogen) atoms. The molecule has 0 bridgehead atoms. The first-order valence-corrected chi connectivity index (χ1v) is 7.70. The van der Waals surface area contributed by atoms with Crippen LogP contribution < -0.4 is 4.74 Å². The van der Waals surface area contributed by atoms with Crippen LogP contribution in [0.15, 0.2) is 53.7 Å². The fraction of sp³-hybridized carbons (Fsp3) is 0.333. The van der Waals surface area contributed by atoms with E-state index < -0.39 is 0 Å². The van der Waals surface area contributed by atoms with Crippen molar-refractivity contribution in [3.63, 3.8) is 0 Å². The van der Waals surface area contributed by atoms with Crippen LogP contribution in [0.5, 0.6) is 5.75 Å². The van der Waals surface area contributed by atoms with Crippen LogP contribution >= 0.6 is 0 Å². The third-order valence-corrected chi connectivity index (χ3v) is 4.04. The molecule has 1 aromatic heterocycles. The quantitative estimate of drug-likeness (QED) is 0.638. The molecular weight excluding hydrogens is 274 g/mol. The van der Waals surface area contributed by atoms with E-state index in [0.717, 1.165) is 24.5 Å². The number of ether oxygens (including phenoxy) is 1. The Kier molecular flexibility index (Phi) is 4.81. The topological polar surface area (TPSA) is 37.7 Å². The Morgan fingerprint density at radius 2 is 1.91 bits per heavy atom. The molecule has 0 radical (unpaired) electrons. The molecule has 2 heterocycles. The Hall–Kier alpha value is -2.20. The maximum Gasteiger partial charge on any atom is 0.181 e. The molecule has 0 N–H and O–H groups in total. The van der Waals surface area contributed by atoms with Crippen LogP contribution in [0.4, 0.5) is 5.69 Å². The summed E-state index contributed by atoms with van der Waals surface area (Å²) in [4.78, 5) is 11.2. The zero-order chi connectivity index (χ0) is 15.2. The van der Waals surface area contributed by atoms with Crippen LogP contribution in [0.1, 0.15) is 24.5 Å². The van der Waals surface area contributed by atoms with E-state index in [1.165, 1.54) is 24.9 Å². The van der Waals surface area contributed by atoms with E-state index in [2.05, 4.69) is 28.0 Å². The lowest BCUT2D eigenvalue weighted by Crippen LogP contribution is -2.29. The van der Waals surface area contributed by atoms with Crippen molar-refractivity contribution in [2.75, 3.05) is 20.1 Å². The van der Waals surface area contributed by atoms with Gasteiger partial charge in [-0.3, -0.25) is 4.98 Å². The number of likely N-dealkylation sites (tertiary alicyclic amines) is 1. The molecule has 0 saturated carbocycles. The second kappa shape index (κ2) is 7.18. The van der Waals surface area contributed by atoms with Crippen LogP contribution in [0, 0.1) is 0 Å². The SMILES string of the molecule is CN1CCC(c2ccc(N=COc3ccccc3)cn2)CC1. The number of pyridine rings is 1. The molecule has 1 aliphatic heterocycles. The molecule has 4 heteroatoms. The van der Waals surface area contributed by atoms with Gasteiger partial charge in [-0.15, -0.1) is 0 Å². The van der Waals surface area contributed by atoms with E-state index in [9.17, 15) is 0 Å². The fourth-order valence-electron chi connectivity index (χ4n) is 2.67. The second-order valence-electron chi connectivity index (χ2n) is 5.68. The summed E-state index contributed by atoms with van der Waals surface area (Å²) in [5.74, 6) is 1.36. The first-order valence-electron chi connectivity index (χ1n) is 7.70. The van der Waals surface area contributed by atoms with Gasteiger partial charge < -0.3 is 9.64 Å². The van der Waals surface area contributed by atoms with Crippen molar-refractivity contribution in [1.82, 2.24) is 9.88 Å². The number of nitrogens with zero attached hydrogens (tertiary/aromatic N) is 3. The van der Waals surface area contributed by atoms with Crippen molar-refractivity contribution < 1.29 is 4.74 Å². The van der Waals surface area contributed by atoms with Gasteiger partial charge in [-0.2, -0.15) is 0 Å². The third kappa shape index (κ3) is 3.92. The second-order valence-corrected chi connectivity index (χ2v) is 5.68. The van der Waals surface area contributed by atoms with Crippen LogP contribution in [-0.4, -0.2) is 36.4 Å². The monoisotopic (exact) mass is 295 g/mol. The van der Waals surface area contributed by atoms with Gasteiger partial charge in [-0.05, 0) is 57.2 Å². The van der Waals surface area contributed by atoms with E-state index in [-0.39, 0.29) is 0 Å². The van der Waals surface area contributed by atoms with Gasteiger partial charge in [0.15, 0.2) is 6.40 Å². The number of hydrogen-bond acceptors (Lipinski definition) is 4. The average molecular weight is 295 g/mol. The largest absolute Gasteiger partial charge is 0.446 e. The molecular formula is C18H21N3O. The van der Waals surface area contributed by atoms with E-state index in [0.29, 0.717) is 5.92 Å². The van der Waals surface area contributed by atoms with Gasteiger partial charge in [0, 0.05) is 11.6 Å². The van der Waals surface area contributed by atoms with Gasteiger partial charge in [0.1, 0.15) is 5.75 Å². The number of benzene rings is 1. The molecule has 3 rings (SSSR count). The molecule has 114 valence electrons. The van der Waals surface area contributed by atoms with Crippen molar-refractivity contribution in [3.05, 3.63) is 54.4 Å². The molecule has 4 nitrogen and oxygen atoms in total. The van der Waals surface area contributed by atoms with Gasteiger partial charge in [0.05, 0.1) is 11.9 Å². The minimum Gasteiger partial charge on any atom is -0.446 e. The predicted molar refractivity (Wildman–Crippen MR) is 88.9 cm³/mol. The molecule has 1 aliphatic rings. The predicted octanol–water partition coefficient (Wildman–Crippen LogP) is 3.63. The number of para-hydroxylation sites is 1. The standard InChI is InChI=1S/C18H21N3O/c1-21-11-9-15(10-12-21)18-8-7-16(13-19-18)20-14-22-17-5-3-2-4-6-17/h2-8,13-15H,9-12H2,1H3. The molecule has 0 spiro atoms. The summed E-state index contributed by atoms with van der Waals surface area (Å²) in [7, 11) is 2.17. The van der Waals surface area contributed by atoms with Crippen molar-refractivity contribution in [2.24, 2.45) is 4.99 Å². The van der Waals surface area contributed by atoms with E-state index in [1.807, 2.05) is 42.6 Å². The van der Waals surface area contributed by atoms with Gasteiger partial charge in [0.25, 0.3) is 0 Å². The molecule has 0 atom stereocenters. The summed E-state index contributed by atoms with van der Waals surface area (Å²) in [5.41, 5.74) is 1.99. The highest BCUT2D eigenvalue weighted by Crippen LogP contribution is 2.26. The first-order chi connectivity index (χ1) is 10.8. The number of piperidine rings is 1. The average Bonchev–Trinajstić information content (AvgIpc) is 2.57. The molecule has 2 aromatic rings. The lowest BCUT2D eigenvalue weighted by atomic mass is 9.93. The number of aliphatic imine (C=N–C) groups is 1. The highest BCUT2D eigenvalue weighted by molar-refractivity contribution is 5.58. The number of rotatable bonds is 4. The summed E-state index contributed by atoms with van der Waals surface area (Å²) < 4.78 is 5.44. The molecule has 1 aromatic carbocycles.